The fourth-order valence-corrected chi connectivity index (χ4v) is 2.87. The van der Waals surface area contributed by atoms with E-state index in [1.807, 2.05) is 36.4 Å². The molecule has 0 bridgehead atoms. The van der Waals surface area contributed by atoms with E-state index in [1.54, 1.807) is 18.3 Å². The number of allylic oxidation sites excluding steroid dienone is 1. The Labute approximate surface area is 148 Å². The van der Waals surface area contributed by atoms with Crippen LogP contribution in [0.1, 0.15) is 30.5 Å². The number of hydrogen-bond donors (Lipinski definition) is 4. The first-order valence-electron chi connectivity index (χ1n) is 8.46. The summed E-state index contributed by atoms with van der Waals surface area (Å²) in [5.74, 6) is 0.256. The van der Waals surface area contributed by atoms with Gasteiger partial charge in [-0.05, 0) is 42.7 Å². The maximum atomic E-state index is 9.57. The lowest BCUT2D eigenvalue weighted by molar-refractivity contribution is 0.338. The Morgan fingerprint density at radius 1 is 1.20 bits per heavy atom. The van der Waals surface area contributed by atoms with E-state index in [-0.39, 0.29) is 11.8 Å². The molecular weight excluding hydrogens is 312 g/mol. The predicted octanol–water partition coefficient (Wildman–Crippen LogP) is 2.80. The molecule has 0 saturated heterocycles. The van der Waals surface area contributed by atoms with Gasteiger partial charge in [0.25, 0.3) is 0 Å². The largest absolute Gasteiger partial charge is 0.508 e. The molecule has 0 amide bonds. The molecule has 0 radical (unpaired) electrons. The van der Waals surface area contributed by atoms with Gasteiger partial charge in [-0.2, -0.15) is 0 Å². The van der Waals surface area contributed by atoms with E-state index >= 15 is 0 Å². The minimum absolute atomic E-state index is 0.154. The van der Waals surface area contributed by atoms with Crippen LogP contribution in [-0.4, -0.2) is 17.1 Å². The summed E-state index contributed by atoms with van der Waals surface area (Å²) in [5, 5.41) is 16.3. The molecule has 0 saturated carbocycles. The lowest BCUT2D eigenvalue weighted by Gasteiger charge is -2.32. The topological polar surface area (TPSA) is 82.7 Å². The maximum absolute atomic E-state index is 9.57. The molecule has 2 atom stereocenters. The SMILES string of the molecule is CC(NC1=CC=NC(N)(CCc2cccc(O)c2)N1)c1ccccc1. The molecule has 1 aliphatic rings. The van der Waals surface area contributed by atoms with E-state index in [1.165, 1.54) is 5.56 Å². The Morgan fingerprint density at radius 3 is 2.76 bits per heavy atom. The standard InChI is InChI=1S/C20H24N4O/c1-15(17-7-3-2-4-8-17)23-19-11-13-22-20(21,24-19)12-10-16-6-5-9-18(25)14-16/h2-9,11,13-15,23-25H,10,12,21H2,1H3. The zero-order chi connectivity index (χ0) is 17.7. The summed E-state index contributed by atoms with van der Waals surface area (Å²) in [7, 11) is 0. The van der Waals surface area contributed by atoms with Gasteiger partial charge in [-0.3, -0.25) is 10.7 Å². The molecular formula is C20H24N4O. The Kier molecular flexibility index (Phi) is 5.05. The molecule has 0 aromatic heterocycles. The van der Waals surface area contributed by atoms with Crippen molar-refractivity contribution in [2.75, 3.05) is 0 Å². The van der Waals surface area contributed by atoms with E-state index < -0.39 is 5.79 Å². The summed E-state index contributed by atoms with van der Waals surface area (Å²) in [4.78, 5) is 4.39. The summed E-state index contributed by atoms with van der Waals surface area (Å²) in [6.07, 6.45) is 4.96. The summed E-state index contributed by atoms with van der Waals surface area (Å²) in [6, 6.07) is 17.6. The van der Waals surface area contributed by atoms with Crippen LogP contribution in [0.4, 0.5) is 0 Å². The minimum Gasteiger partial charge on any atom is -0.508 e. The van der Waals surface area contributed by atoms with Crippen LogP contribution in [0.5, 0.6) is 5.75 Å². The summed E-state index contributed by atoms with van der Waals surface area (Å²) in [6.45, 7) is 2.11. The highest BCUT2D eigenvalue weighted by Gasteiger charge is 2.26. The van der Waals surface area contributed by atoms with Gasteiger partial charge in [-0.25, -0.2) is 0 Å². The number of rotatable bonds is 6. The molecule has 5 N–H and O–H groups in total. The third-order valence-corrected chi connectivity index (χ3v) is 4.27. The van der Waals surface area contributed by atoms with Crippen molar-refractivity contribution in [2.24, 2.45) is 10.7 Å². The summed E-state index contributed by atoms with van der Waals surface area (Å²) in [5.41, 5.74) is 8.63. The third kappa shape index (κ3) is 4.61. The third-order valence-electron chi connectivity index (χ3n) is 4.27. The van der Waals surface area contributed by atoms with Crippen molar-refractivity contribution < 1.29 is 5.11 Å². The first kappa shape index (κ1) is 17.0. The average molecular weight is 336 g/mol. The highest BCUT2D eigenvalue weighted by molar-refractivity contribution is 5.73. The Morgan fingerprint density at radius 2 is 2.00 bits per heavy atom. The van der Waals surface area contributed by atoms with Crippen molar-refractivity contribution in [3.8, 4) is 5.75 Å². The van der Waals surface area contributed by atoms with Gasteiger partial charge < -0.3 is 15.7 Å². The normalized spacial score (nSPS) is 20.5. The van der Waals surface area contributed by atoms with Gasteiger partial charge >= 0.3 is 0 Å². The van der Waals surface area contributed by atoms with Crippen LogP contribution in [-0.2, 0) is 6.42 Å². The highest BCUT2D eigenvalue weighted by Crippen LogP contribution is 2.19. The van der Waals surface area contributed by atoms with Crippen molar-refractivity contribution in [2.45, 2.75) is 31.6 Å². The van der Waals surface area contributed by atoms with Crippen molar-refractivity contribution in [1.29, 1.82) is 0 Å². The van der Waals surface area contributed by atoms with Gasteiger partial charge in [0.2, 0.25) is 0 Å². The quantitative estimate of drug-likeness (QED) is 0.654. The van der Waals surface area contributed by atoms with Crippen molar-refractivity contribution in [3.63, 3.8) is 0 Å². The van der Waals surface area contributed by atoms with Crippen LogP contribution >= 0.6 is 0 Å². The molecule has 1 heterocycles. The van der Waals surface area contributed by atoms with Crippen molar-refractivity contribution >= 4 is 6.21 Å². The van der Waals surface area contributed by atoms with E-state index in [0.29, 0.717) is 6.42 Å². The Hall–Kier alpha value is -2.79. The molecule has 2 aromatic rings. The smallest absolute Gasteiger partial charge is 0.183 e. The van der Waals surface area contributed by atoms with Crippen LogP contribution in [0.2, 0.25) is 0 Å². The fraction of sp³-hybridized carbons (Fsp3) is 0.250. The molecule has 2 aromatic carbocycles. The highest BCUT2D eigenvalue weighted by atomic mass is 16.3. The Bertz CT molecular complexity index is 772. The molecule has 3 rings (SSSR count). The van der Waals surface area contributed by atoms with E-state index in [2.05, 4.69) is 34.7 Å². The second-order valence-corrected chi connectivity index (χ2v) is 6.35. The van der Waals surface area contributed by atoms with Crippen molar-refractivity contribution in [3.05, 3.63) is 77.6 Å². The molecule has 2 unspecified atom stereocenters. The van der Waals surface area contributed by atoms with Gasteiger partial charge in [-0.1, -0.05) is 42.5 Å². The van der Waals surface area contributed by atoms with Crippen LogP contribution < -0.4 is 16.4 Å². The molecule has 0 fully saturated rings. The van der Waals surface area contributed by atoms with Crippen LogP contribution in [0, 0.1) is 0 Å². The number of phenolic OH excluding ortho intramolecular Hbond substituents is 1. The number of phenols is 1. The fourth-order valence-electron chi connectivity index (χ4n) is 2.87. The molecule has 130 valence electrons. The lowest BCUT2D eigenvalue weighted by atomic mass is 10.1. The van der Waals surface area contributed by atoms with E-state index in [4.69, 9.17) is 5.73 Å². The lowest BCUT2D eigenvalue weighted by Crippen LogP contribution is -2.55. The second kappa shape index (κ2) is 7.40. The minimum atomic E-state index is -0.862. The Balaban J connectivity index is 1.60. The number of nitrogens with one attached hydrogen (secondary N) is 2. The van der Waals surface area contributed by atoms with E-state index in [9.17, 15) is 5.11 Å². The van der Waals surface area contributed by atoms with Crippen LogP contribution in [0.15, 0.2) is 71.5 Å². The van der Waals surface area contributed by atoms with Gasteiger partial charge in [0.15, 0.2) is 5.79 Å². The predicted molar refractivity (Wildman–Crippen MR) is 101 cm³/mol. The second-order valence-electron chi connectivity index (χ2n) is 6.35. The number of aliphatic imine (C=N–C) groups is 1. The first-order valence-corrected chi connectivity index (χ1v) is 8.46. The van der Waals surface area contributed by atoms with Gasteiger partial charge in [0.05, 0.1) is 0 Å². The first-order chi connectivity index (χ1) is 12.0. The molecule has 1 aliphatic heterocycles. The zero-order valence-corrected chi connectivity index (χ0v) is 14.3. The maximum Gasteiger partial charge on any atom is 0.183 e. The molecule has 5 heteroatoms. The zero-order valence-electron chi connectivity index (χ0n) is 14.3. The van der Waals surface area contributed by atoms with Gasteiger partial charge in [-0.15, -0.1) is 0 Å². The molecule has 0 aliphatic carbocycles. The van der Waals surface area contributed by atoms with E-state index in [0.717, 1.165) is 17.8 Å². The number of nitrogens with two attached hydrogens (primary N) is 1. The van der Waals surface area contributed by atoms with Crippen LogP contribution in [0.25, 0.3) is 0 Å². The number of hydrogen-bond acceptors (Lipinski definition) is 5. The number of benzene rings is 2. The summed E-state index contributed by atoms with van der Waals surface area (Å²) >= 11 is 0. The summed E-state index contributed by atoms with van der Waals surface area (Å²) < 4.78 is 0. The molecule has 25 heavy (non-hydrogen) atoms. The van der Waals surface area contributed by atoms with Crippen LogP contribution in [0.3, 0.4) is 0 Å². The number of aryl methyl sites for hydroxylation is 1. The average Bonchev–Trinajstić information content (AvgIpc) is 2.61. The molecule has 5 nitrogen and oxygen atoms in total. The van der Waals surface area contributed by atoms with Crippen molar-refractivity contribution in [1.82, 2.24) is 10.6 Å². The molecule has 0 spiro atoms. The number of nitrogens with zero attached hydrogens (tertiary/aromatic N) is 1. The monoisotopic (exact) mass is 336 g/mol. The van der Waals surface area contributed by atoms with Gasteiger partial charge in [0, 0.05) is 18.7 Å². The number of aromatic hydroxyl groups is 1. The van der Waals surface area contributed by atoms with Gasteiger partial charge in [0.1, 0.15) is 11.6 Å².